The predicted octanol–water partition coefficient (Wildman–Crippen LogP) is 3.50. The van der Waals surface area contributed by atoms with Crippen LogP contribution < -0.4 is 10.0 Å². The van der Waals surface area contributed by atoms with Crippen molar-refractivity contribution < 1.29 is 17.9 Å². The molecule has 0 aliphatic heterocycles. The van der Waals surface area contributed by atoms with Crippen molar-refractivity contribution in [1.82, 2.24) is 20.0 Å². The Hall–Kier alpha value is -2.63. The molecular weight excluding hydrogens is 484 g/mol. The topological polar surface area (TPSA) is 110 Å². The fourth-order valence-corrected chi connectivity index (χ4v) is 5.38. The van der Waals surface area contributed by atoms with E-state index in [1.54, 1.807) is 49.6 Å². The van der Waals surface area contributed by atoms with Crippen molar-refractivity contribution in [3.05, 3.63) is 64.9 Å². The Labute approximate surface area is 200 Å². The van der Waals surface area contributed by atoms with E-state index in [0.717, 1.165) is 26.0 Å². The molecule has 172 valence electrons. The van der Waals surface area contributed by atoms with Gasteiger partial charge in [-0.2, -0.15) is 0 Å². The van der Waals surface area contributed by atoms with Gasteiger partial charge in [0.1, 0.15) is 11.0 Å². The number of halogens is 1. The molecule has 0 aliphatic carbocycles. The predicted molar refractivity (Wildman–Crippen MR) is 129 cm³/mol. The number of thiazole rings is 1. The number of fused-ring (bicyclic) bond motifs is 2. The minimum Gasteiger partial charge on any atom is -0.465 e. The molecule has 4 rings (SSSR count). The SMILES string of the molecule is CCOC(=O)C(CNS(=O)(=O)c1ccc2cc(Cl)ccc2c1)NCc1nc2ccncc2s1. The maximum Gasteiger partial charge on any atom is 0.324 e. The average molecular weight is 505 g/mol. The maximum absolute atomic E-state index is 12.9. The highest BCUT2D eigenvalue weighted by Gasteiger charge is 2.24. The first-order chi connectivity index (χ1) is 15.9. The van der Waals surface area contributed by atoms with Crippen molar-refractivity contribution in [3.8, 4) is 0 Å². The van der Waals surface area contributed by atoms with Crippen molar-refractivity contribution in [2.24, 2.45) is 0 Å². The molecule has 8 nitrogen and oxygen atoms in total. The fraction of sp³-hybridized carbons (Fsp3) is 0.227. The normalized spacial score (nSPS) is 12.8. The zero-order valence-corrected chi connectivity index (χ0v) is 20.0. The minimum absolute atomic E-state index is 0.0959. The number of aromatic nitrogens is 2. The van der Waals surface area contributed by atoms with Crippen LogP contribution in [0.4, 0.5) is 0 Å². The van der Waals surface area contributed by atoms with Gasteiger partial charge in [0, 0.05) is 30.5 Å². The number of hydrogen-bond donors (Lipinski definition) is 2. The van der Waals surface area contributed by atoms with Gasteiger partial charge in [-0.25, -0.2) is 18.1 Å². The number of esters is 1. The van der Waals surface area contributed by atoms with Crippen molar-refractivity contribution in [1.29, 1.82) is 0 Å². The summed E-state index contributed by atoms with van der Waals surface area (Å²) in [4.78, 5) is 21.1. The summed E-state index contributed by atoms with van der Waals surface area (Å²) in [7, 11) is -3.86. The van der Waals surface area contributed by atoms with Gasteiger partial charge in [0.15, 0.2) is 0 Å². The van der Waals surface area contributed by atoms with E-state index in [-0.39, 0.29) is 24.6 Å². The third-order valence-corrected chi connectivity index (χ3v) is 7.53. The Kier molecular flexibility index (Phi) is 7.20. The molecule has 1 atom stereocenters. The van der Waals surface area contributed by atoms with Crippen LogP contribution >= 0.6 is 22.9 Å². The van der Waals surface area contributed by atoms with E-state index in [9.17, 15) is 13.2 Å². The number of carbonyl (C=O) groups is 1. The lowest BCUT2D eigenvalue weighted by Gasteiger charge is -2.17. The van der Waals surface area contributed by atoms with Gasteiger partial charge in [0.05, 0.1) is 21.7 Å². The fourth-order valence-electron chi connectivity index (χ4n) is 3.23. The van der Waals surface area contributed by atoms with Crippen molar-refractivity contribution >= 4 is 59.9 Å². The average Bonchev–Trinajstić information content (AvgIpc) is 3.21. The minimum atomic E-state index is -3.86. The highest BCUT2D eigenvalue weighted by atomic mass is 35.5. The molecule has 1 unspecified atom stereocenters. The summed E-state index contributed by atoms with van der Waals surface area (Å²) in [5.74, 6) is -0.545. The molecule has 0 amide bonds. The molecule has 0 aliphatic rings. The molecule has 0 spiro atoms. The number of carbonyl (C=O) groups excluding carboxylic acids is 1. The lowest BCUT2D eigenvalue weighted by atomic mass is 10.1. The first kappa shape index (κ1) is 23.5. The van der Waals surface area contributed by atoms with Gasteiger partial charge in [0.2, 0.25) is 10.0 Å². The van der Waals surface area contributed by atoms with Crippen molar-refractivity contribution in [2.45, 2.75) is 24.4 Å². The number of nitrogens with zero attached hydrogens (tertiary/aromatic N) is 2. The van der Waals surface area contributed by atoms with Gasteiger partial charge in [-0.15, -0.1) is 11.3 Å². The van der Waals surface area contributed by atoms with Crippen LogP contribution in [0.3, 0.4) is 0 Å². The summed E-state index contributed by atoms with van der Waals surface area (Å²) in [5, 5.41) is 5.95. The molecule has 0 saturated carbocycles. The van der Waals surface area contributed by atoms with E-state index >= 15 is 0 Å². The monoisotopic (exact) mass is 504 g/mol. The summed E-state index contributed by atoms with van der Waals surface area (Å²) >= 11 is 7.45. The van der Waals surface area contributed by atoms with Crippen LogP contribution in [-0.4, -0.2) is 43.5 Å². The molecule has 2 N–H and O–H groups in total. The summed E-state index contributed by atoms with van der Waals surface area (Å²) in [6.45, 7) is 1.98. The quantitative estimate of drug-likeness (QED) is 0.336. The Bertz CT molecular complexity index is 1380. The number of pyridine rings is 1. The highest BCUT2D eigenvalue weighted by Crippen LogP contribution is 2.23. The number of sulfonamides is 1. The molecule has 0 saturated heterocycles. The van der Waals surface area contributed by atoms with Crippen LogP contribution in [0.15, 0.2) is 59.8 Å². The molecule has 0 fully saturated rings. The first-order valence-corrected chi connectivity index (χ1v) is 12.8. The second-order valence-electron chi connectivity index (χ2n) is 7.14. The number of ether oxygens (including phenoxy) is 1. The summed E-state index contributed by atoms with van der Waals surface area (Å²) in [6.07, 6.45) is 3.39. The molecule has 0 bridgehead atoms. The number of nitrogens with one attached hydrogen (secondary N) is 2. The third-order valence-electron chi connectivity index (χ3n) is 4.87. The van der Waals surface area contributed by atoms with E-state index in [2.05, 4.69) is 20.0 Å². The van der Waals surface area contributed by atoms with E-state index in [1.165, 1.54) is 17.4 Å². The molecule has 0 radical (unpaired) electrons. The number of rotatable bonds is 9. The smallest absolute Gasteiger partial charge is 0.324 e. The van der Waals surface area contributed by atoms with Crippen LogP contribution in [0.2, 0.25) is 5.02 Å². The lowest BCUT2D eigenvalue weighted by Crippen LogP contribution is -2.46. The first-order valence-electron chi connectivity index (χ1n) is 10.1. The number of hydrogen-bond acceptors (Lipinski definition) is 8. The van der Waals surface area contributed by atoms with Gasteiger partial charge < -0.3 is 4.74 Å². The summed E-state index contributed by atoms with van der Waals surface area (Å²) in [5.41, 5.74) is 0.817. The third kappa shape index (κ3) is 5.66. The van der Waals surface area contributed by atoms with Gasteiger partial charge >= 0.3 is 5.97 Å². The van der Waals surface area contributed by atoms with E-state index in [4.69, 9.17) is 16.3 Å². The van der Waals surface area contributed by atoms with Crippen LogP contribution in [-0.2, 0) is 26.1 Å². The zero-order valence-electron chi connectivity index (χ0n) is 17.6. The standard InChI is InChI=1S/C22H21ClN4O4S2/c1-2-31-22(28)19(25-13-21-27-18-7-8-24-12-20(18)32-21)11-26-33(29,30)17-6-4-14-9-16(23)5-3-15(14)10-17/h3-10,12,19,25-26H,2,11,13H2,1H3. The van der Waals surface area contributed by atoms with E-state index < -0.39 is 22.0 Å². The van der Waals surface area contributed by atoms with Crippen LogP contribution in [0.25, 0.3) is 21.0 Å². The van der Waals surface area contributed by atoms with Crippen LogP contribution in [0.5, 0.6) is 0 Å². The number of benzene rings is 2. The summed E-state index contributed by atoms with van der Waals surface area (Å²) < 4.78 is 34.3. The van der Waals surface area contributed by atoms with Crippen molar-refractivity contribution in [3.63, 3.8) is 0 Å². The van der Waals surface area contributed by atoms with E-state index in [0.29, 0.717) is 5.02 Å². The second-order valence-corrected chi connectivity index (χ2v) is 10.5. The van der Waals surface area contributed by atoms with E-state index in [1.807, 2.05) is 6.07 Å². The Morgan fingerprint density at radius 1 is 1.18 bits per heavy atom. The Morgan fingerprint density at radius 2 is 1.97 bits per heavy atom. The maximum atomic E-state index is 12.9. The Morgan fingerprint density at radius 3 is 2.76 bits per heavy atom. The molecular formula is C22H21ClN4O4S2. The lowest BCUT2D eigenvalue weighted by molar-refractivity contribution is -0.145. The molecule has 11 heteroatoms. The van der Waals surface area contributed by atoms with Gasteiger partial charge in [-0.05, 0) is 48.0 Å². The second kappa shape index (κ2) is 10.1. The van der Waals surface area contributed by atoms with Crippen LogP contribution in [0, 0.1) is 0 Å². The summed E-state index contributed by atoms with van der Waals surface area (Å²) in [6, 6.07) is 10.9. The molecule has 2 heterocycles. The Balaban J connectivity index is 1.47. The highest BCUT2D eigenvalue weighted by molar-refractivity contribution is 7.89. The molecule has 4 aromatic rings. The van der Waals surface area contributed by atoms with Gasteiger partial charge in [0.25, 0.3) is 0 Å². The zero-order chi connectivity index (χ0) is 23.4. The molecule has 2 aromatic heterocycles. The molecule has 2 aromatic carbocycles. The van der Waals surface area contributed by atoms with Crippen LogP contribution in [0.1, 0.15) is 11.9 Å². The molecule has 33 heavy (non-hydrogen) atoms. The van der Waals surface area contributed by atoms with Gasteiger partial charge in [-0.3, -0.25) is 15.1 Å². The van der Waals surface area contributed by atoms with Crippen molar-refractivity contribution in [2.75, 3.05) is 13.2 Å². The van der Waals surface area contributed by atoms with Gasteiger partial charge in [-0.1, -0.05) is 23.7 Å². The largest absolute Gasteiger partial charge is 0.465 e.